The molecule has 0 bridgehead atoms. The zero-order valence-corrected chi connectivity index (χ0v) is 11.4. The molecule has 2 rings (SSSR count). The van der Waals surface area contributed by atoms with E-state index in [4.69, 9.17) is 16.2 Å². The van der Waals surface area contributed by atoms with Crippen molar-refractivity contribution in [3.8, 4) is 5.75 Å². The van der Waals surface area contributed by atoms with Crippen molar-refractivity contribution in [2.45, 2.75) is 18.4 Å². The Labute approximate surface area is 112 Å². The number of rotatable bonds is 3. The van der Waals surface area contributed by atoms with Gasteiger partial charge in [0.25, 0.3) is 0 Å². The molecule has 5 heteroatoms. The first kappa shape index (κ1) is 13.1. The highest BCUT2D eigenvalue weighted by Crippen LogP contribution is 2.43. The van der Waals surface area contributed by atoms with Gasteiger partial charge in [0.2, 0.25) is 0 Å². The number of nitrogens with two attached hydrogens (primary N) is 2. The zero-order chi connectivity index (χ0) is 10.8. The van der Waals surface area contributed by atoms with E-state index in [0.717, 1.165) is 12.2 Å². The van der Waals surface area contributed by atoms with Gasteiger partial charge in [-0.3, -0.25) is 0 Å². The highest BCUT2D eigenvalue weighted by Gasteiger charge is 2.38. The Morgan fingerprint density at radius 1 is 1.31 bits per heavy atom. The second-order valence-electron chi connectivity index (χ2n) is 3.74. The van der Waals surface area contributed by atoms with Crippen LogP contribution in [0.2, 0.25) is 0 Å². The van der Waals surface area contributed by atoms with Crippen molar-refractivity contribution in [1.82, 2.24) is 0 Å². The summed E-state index contributed by atoms with van der Waals surface area (Å²) in [4.78, 5) is 4.13. The average molecular weight is 333 g/mol. The minimum Gasteiger partial charge on any atom is -0.497 e. The second kappa shape index (κ2) is 5.38. The SMILES string of the molecule is COc1ccc(C2CC2N=C(N)N)cc1.I. The summed E-state index contributed by atoms with van der Waals surface area (Å²) >= 11 is 0. The lowest BCUT2D eigenvalue weighted by Crippen LogP contribution is -2.23. The fraction of sp³-hybridized carbons (Fsp3) is 0.364. The molecule has 16 heavy (non-hydrogen) atoms. The highest BCUT2D eigenvalue weighted by molar-refractivity contribution is 14.0. The van der Waals surface area contributed by atoms with Crippen LogP contribution in [-0.2, 0) is 0 Å². The van der Waals surface area contributed by atoms with Gasteiger partial charge in [0.15, 0.2) is 5.96 Å². The van der Waals surface area contributed by atoms with Gasteiger partial charge in [0.05, 0.1) is 13.2 Å². The molecule has 0 radical (unpaired) electrons. The summed E-state index contributed by atoms with van der Waals surface area (Å²) in [6.07, 6.45) is 1.03. The van der Waals surface area contributed by atoms with E-state index in [1.165, 1.54) is 5.56 Å². The number of nitrogens with zero attached hydrogens (tertiary/aromatic N) is 1. The van der Waals surface area contributed by atoms with E-state index >= 15 is 0 Å². The van der Waals surface area contributed by atoms with E-state index in [-0.39, 0.29) is 36.0 Å². The fourth-order valence-corrected chi connectivity index (χ4v) is 1.73. The van der Waals surface area contributed by atoms with Crippen molar-refractivity contribution in [1.29, 1.82) is 0 Å². The Balaban J connectivity index is 0.00000128. The predicted molar refractivity (Wildman–Crippen MR) is 75.4 cm³/mol. The molecule has 4 N–H and O–H groups in total. The molecule has 88 valence electrons. The molecule has 0 amide bonds. The van der Waals surface area contributed by atoms with E-state index in [0.29, 0.717) is 5.92 Å². The Kier molecular flexibility index (Phi) is 4.40. The summed E-state index contributed by atoms with van der Waals surface area (Å²) in [6, 6.07) is 8.31. The van der Waals surface area contributed by atoms with Gasteiger partial charge in [-0.2, -0.15) is 0 Å². The van der Waals surface area contributed by atoms with Gasteiger partial charge in [-0.1, -0.05) is 12.1 Å². The van der Waals surface area contributed by atoms with Crippen molar-refractivity contribution >= 4 is 29.9 Å². The molecule has 1 aromatic carbocycles. The molecule has 0 heterocycles. The van der Waals surface area contributed by atoms with Crippen LogP contribution in [0.4, 0.5) is 0 Å². The number of guanidine groups is 1. The van der Waals surface area contributed by atoms with Gasteiger partial charge < -0.3 is 16.2 Å². The van der Waals surface area contributed by atoms with E-state index in [1.807, 2.05) is 12.1 Å². The minimum atomic E-state index is 0. The quantitative estimate of drug-likeness (QED) is 0.499. The maximum atomic E-state index is 5.33. The smallest absolute Gasteiger partial charge is 0.186 e. The number of hydrogen-bond acceptors (Lipinski definition) is 2. The molecule has 0 aromatic heterocycles. The number of benzene rings is 1. The summed E-state index contributed by atoms with van der Waals surface area (Å²) in [6.45, 7) is 0. The third kappa shape index (κ3) is 3.01. The largest absolute Gasteiger partial charge is 0.497 e. The van der Waals surface area contributed by atoms with Crippen LogP contribution in [-0.4, -0.2) is 19.1 Å². The first-order valence-corrected chi connectivity index (χ1v) is 4.93. The molecule has 2 unspecified atom stereocenters. The van der Waals surface area contributed by atoms with Gasteiger partial charge >= 0.3 is 0 Å². The molecule has 2 atom stereocenters. The number of halogens is 1. The number of aliphatic imine (C=N–C) groups is 1. The number of ether oxygens (including phenoxy) is 1. The molecule has 1 saturated carbocycles. The topological polar surface area (TPSA) is 73.6 Å². The number of hydrogen-bond donors (Lipinski definition) is 2. The second-order valence-corrected chi connectivity index (χ2v) is 3.74. The maximum absolute atomic E-state index is 5.33. The van der Waals surface area contributed by atoms with Crippen molar-refractivity contribution in [2.75, 3.05) is 7.11 Å². The summed E-state index contributed by atoms with van der Waals surface area (Å²) in [5, 5.41) is 0. The molecular weight excluding hydrogens is 317 g/mol. The lowest BCUT2D eigenvalue weighted by Gasteiger charge is -2.01. The monoisotopic (exact) mass is 333 g/mol. The highest BCUT2D eigenvalue weighted by atomic mass is 127. The normalized spacial score (nSPS) is 21.8. The summed E-state index contributed by atoms with van der Waals surface area (Å²) in [7, 11) is 1.66. The Bertz CT molecular complexity index is 373. The molecule has 1 aromatic rings. The van der Waals surface area contributed by atoms with Crippen LogP contribution in [0.15, 0.2) is 29.3 Å². The molecule has 0 aliphatic heterocycles. The van der Waals surface area contributed by atoms with Gasteiger partial charge in [-0.05, 0) is 24.1 Å². The van der Waals surface area contributed by atoms with Crippen LogP contribution in [0.3, 0.4) is 0 Å². The predicted octanol–water partition coefficient (Wildman–Crippen LogP) is 1.44. The Morgan fingerprint density at radius 3 is 2.44 bits per heavy atom. The van der Waals surface area contributed by atoms with E-state index < -0.39 is 0 Å². The van der Waals surface area contributed by atoms with Crippen molar-refractivity contribution in [3.63, 3.8) is 0 Å². The van der Waals surface area contributed by atoms with Crippen molar-refractivity contribution < 1.29 is 4.74 Å². The Hall–Kier alpha value is -0.980. The van der Waals surface area contributed by atoms with E-state index in [2.05, 4.69) is 17.1 Å². The van der Waals surface area contributed by atoms with Crippen molar-refractivity contribution in [2.24, 2.45) is 16.5 Å². The molecule has 1 aliphatic carbocycles. The molecule has 4 nitrogen and oxygen atoms in total. The summed E-state index contributed by atoms with van der Waals surface area (Å²) in [5.74, 6) is 1.52. The van der Waals surface area contributed by atoms with Crippen LogP contribution >= 0.6 is 24.0 Å². The third-order valence-corrected chi connectivity index (χ3v) is 2.62. The summed E-state index contributed by atoms with van der Waals surface area (Å²) in [5.41, 5.74) is 11.9. The van der Waals surface area contributed by atoms with Crippen LogP contribution in [0.25, 0.3) is 0 Å². The molecule has 1 aliphatic rings. The fourth-order valence-electron chi connectivity index (χ4n) is 1.73. The van der Waals surface area contributed by atoms with Gasteiger partial charge in [-0.15, -0.1) is 24.0 Å². The Morgan fingerprint density at radius 2 is 1.94 bits per heavy atom. The third-order valence-electron chi connectivity index (χ3n) is 2.62. The van der Waals surface area contributed by atoms with Gasteiger partial charge in [-0.25, -0.2) is 4.99 Å². The van der Waals surface area contributed by atoms with E-state index in [1.54, 1.807) is 7.11 Å². The van der Waals surface area contributed by atoms with Crippen LogP contribution < -0.4 is 16.2 Å². The number of methoxy groups -OCH3 is 1. The van der Waals surface area contributed by atoms with E-state index in [9.17, 15) is 0 Å². The minimum absolute atomic E-state index is 0. The molecule has 0 saturated heterocycles. The van der Waals surface area contributed by atoms with Crippen LogP contribution in [0, 0.1) is 0 Å². The van der Waals surface area contributed by atoms with Crippen LogP contribution in [0.5, 0.6) is 5.75 Å². The average Bonchev–Trinajstić information content (AvgIpc) is 2.96. The standard InChI is InChI=1S/C11H15N3O.HI/c1-15-8-4-2-7(3-5-8)9-6-10(9)14-11(12)13;/h2-5,9-10H,6H2,1H3,(H4,12,13,14);1H. The lowest BCUT2D eigenvalue weighted by atomic mass is 10.1. The lowest BCUT2D eigenvalue weighted by molar-refractivity contribution is 0.414. The zero-order valence-electron chi connectivity index (χ0n) is 9.09. The molecule has 0 spiro atoms. The molecular formula is C11H16IN3O. The molecule has 1 fully saturated rings. The van der Waals surface area contributed by atoms with Crippen LogP contribution in [0.1, 0.15) is 17.9 Å². The maximum Gasteiger partial charge on any atom is 0.186 e. The van der Waals surface area contributed by atoms with Gasteiger partial charge in [0.1, 0.15) is 5.75 Å². The first-order chi connectivity index (χ1) is 7.20. The summed E-state index contributed by atoms with van der Waals surface area (Å²) < 4.78 is 5.09. The first-order valence-electron chi connectivity index (χ1n) is 4.93. The van der Waals surface area contributed by atoms with Crippen molar-refractivity contribution in [3.05, 3.63) is 29.8 Å². The van der Waals surface area contributed by atoms with Gasteiger partial charge in [0, 0.05) is 5.92 Å².